The first-order valence-electron chi connectivity index (χ1n) is 6.05. The molecule has 2 amide bonds. The third kappa shape index (κ3) is 3.14. The molecule has 2 rings (SSSR count). The molecular weight excluding hydrogens is 276 g/mol. The van der Waals surface area contributed by atoms with Gasteiger partial charge in [-0.25, -0.2) is 0 Å². The monoisotopic (exact) mass is 288 g/mol. The van der Waals surface area contributed by atoms with Gasteiger partial charge >= 0.3 is 0 Å². The first kappa shape index (κ1) is 14.4. The molecule has 0 fully saturated rings. The van der Waals surface area contributed by atoms with E-state index in [-0.39, 0.29) is 11.4 Å². The Morgan fingerprint density at radius 2 is 1.95 bits per heavy atom. The van der Waals surface area contributed by atoms with E-state index in [0.29, 0.717) is 11.3 Å². The smallest absolute Gasteiger partial charge is 0.293 e. The van der Waals surface area contributed by atoms with Gasteiger partial charge in [-0.3, -0.25) is 25.0 Å². The van der Waals surface area contributed by atoms with Gasteiger partial charge in [-0.15, -0.1) is 0 Å². The average molecular weight is 288 g/mol. The fourth-order valence-electron chi connectivity index (χ4n) is 1.82. The van der Waals surface area contributed by atoms with Crippen molar-refractivity contribution in [2.75, 3.05) is 0 Å². The molecule has 7 heteroatoms. The van der Waals surface area contributed by atoms with Crippen molar-refractivity contribution in [1.29, 1.82) is 0 Å². The number of carbonyl (C=O) groups is 2. The lowest BCUT2D eigenvalue weighted by Gasteiger charge is -2.02. The van der Waals surface area contributed by atoms with Gasteiger partial charge in [-0.2, -0.15) is 0 Å². The summed E-state index contributed by atoms with van der Waals surface area (Å²) >= 11 is 0. The number of amides is 2. The number of hydrogen-bond acceptors (Lipinski definition) is 5. The van der Waals surface area contributed by atoms with Crippen LogP contribution in [0.15, 0.2) is 34.7 Å². The zero-order valence-corrected chi connectivity index (χ0v) is 11.4. The maximum Gasteiger partial charge on any atom is 0.293 e. The van der Waals surface area contributed by atoms with Gasteiger partial charge in [0.15, 0.2) is 5.76 Å². The lowest BCUT2D eigenvalue weighted by Crippen LogP contribution is -2.27. The summed E-state index contributed by atoms with van der Waals surface area (Å²) in [5.74, 6) is -0.864. The molecule has 0 atom stereocenters. The van der Waals surface area contributed by atoms with E-state index < -0.39 is 16.7 Å². The molecule has 0 spiro atoms. The van der Waals surface area contributed by atoms with E-state index in [9.17, 15) is 19.7 Å². The van der Waals surface area contributed by atoms with Crippen LogP contribution in [0.25, 0.3) is 11.3 Å². The summed E-state index contributed by atoms with van der Waals surface area (Å²) in [4.78, 5) is 32.8. The molecule has 0 unspecified atom stereocenters. The van der Waals surface area contributed by atoms with Crippen molar-refractivity contribution in [1.82, 2.24) is 5.32 Å². The summed E-state index contributed by atoms with van der Waals surface area (Å²) in [6, 6.07) is 7.31. The predicted octanol–water partition coefficient (Wildman–Crippen LogP) is 2.44. The number of aryl methyl sites for hydroxylation is 1. The van der Waals surface area contributed by atoms with E-state index in [0.717, 1.165) is 5.56 Å². The molecule has 21 heavy (non-hydrogen) atoms. The van der Waals surface area contributed by atoms with Crippen LogP contribution in [0.2, 0.25) is 0 Å². The minimum Gasteiger partial charge on any atom is -0.451 e. The molecule has 0 saturated carbocycles. The standard InChI is InChI=1S/C14H12N2O5/c1-8-3-4-10(16(19)20)7-11(8)12-5-6-13(21-12)14(18)15-9(2)17/h3-7H,1-2H3,(H,15,17,18). The molecule has 0 aliphatic carbocycles. The molecule has 1 heterocycles. The van der Waals surface area contributed by atoms with Gasteiger partial charge in [0.05, 0.1) is 4.92 Å². The normalized spacial score (nSPS) is 10.2. The first-order valence-corrected chi connectivity index (χ1v) is 6.05. The van der Waals surface area contributed by atoms with Crippen LogP contribution in [0.5, 0.6) is 0 Å². The zero-order valence-electron chi connectivity index (χ0n) is 11.4. The molecule has 2 aromatic rings. The summed E-state index contributed by atoms with van der Waals surface area (Å²) in [7, 11) is 0. The Morgan fingerprint density at radius 3 is 2.57 bits per heavy atom. The van der Waals surface area contributed by atoms with E-state index in [4.69, 9.17) is 4.42 Å². The molecule has 0 radical (unpaired) electrons. The van der Waals surface area contributed by atoms with E-state index in [1.54, 1.807) is 13.0 Å². The molecule has 1 aromatic heterocycles. The third-order valence-electron chi connectivity index (χ3n) is 2.82. The van der Waals surface area contributed by atoms with Gasteiger partial charge in [-0.05, 0) is 24.6 Å². The van der Waals surface area contributed by atoms with Crippen molar-refractivity contribution in [3.63, 3.8) is 0 Å². The quantitative estimate of drug-likeness (QED) is 0.690. The number of nitrogens with zero attached hydrogens (tertiary/aromatic N) is 1. The van der Waals surface area contributed by atoms with Crippen molar-refractivity contribution in [2.24, 2.45) is 0 Å². The highest BCUT2D eigenvalue weighted by Gasteiger charge is 2.16. The maximum atomic E-state index is 11.6. The van der Waals surface area contributed by atoms with E-state index in [2.05, 4.69) is 5.32 Å². The van der Waals surface area contributed by atoms with E-state index in [1.165, 1.54) is 31.2 Å². The number of nitrogens with one attached hydrogen (secondary N) is 1. The number of rotatable bonds is 3. The molecule has 108 valence electrons. The fraction of sp³-hybridized carbons (Fsp3) is 0.143. The van der Waals surface area contributed by atoms with Crippen LogP contribution in [-0.2, 0) is 4.79 Å². The van der Waals surface area contributed by atoms with Crippen LogP contribution >= 0.6 is 0 Å². The van der Waals surface area contributed by atoms with Gasteiger partial charge in [-0.1, -0.05) is 6.07 Å². The van der Waals surface area contributed by atoms with Crippen LogP contribution in [0.4, 0.5) is 5.69 Å². The second-order valence-electron chi connectivity index (χ2n) is 4.43. The van der Waals surface area contributed by atoms with Crippen LogP contribution in [0.3, 0.4) is 0 Å². The fourth-order valence-corrected chi connectivity index (χ4v) is 1.82. The SMILES string of the molecule is CC(=O)NC(=O)c1ccc(-c2cc([N+](=O)[O-])ccc2C)o1. The Labute approximate surface area is 119 Å². The van der Waals surface area contributed by atoms with Crippen LogP contribution in [0.1, 0.15) is 23.0 Å². The molecule has 1 aromatic carbocycles. The topological polar surface area (TPSA) is 102 Å². The maximum absolute atomic E-state index is 11.6. The number of furan rings is 1. The van der Waals surface area contributed by atoms with Gasteiger partial charge < -0.3 is 4.42 Å². The summed E-state index contributed by atoms with van der Waals surface area (Å²) in [6.07, 6.45) is 0. The van der Waals surface area contributed by atoms with Gasteiger partial charge in [0.1, 0.15) is 5.76 Å². The Hall–Kier alpha value is -2.96. The van der Waals surface area contributed by atoms with Gasteiger partial charge in [0.25, 0.3) is 11.6 Å². The van der Waals surface area contributed by atoms with Gasteiger partial charge in [0.2, 0.25) is 5.91 Å². The highest BCUT2D eigenvalue weighted by atomic mass is 16.6. The summed E-state index contributed by atoms with van der Waals surface area (Å²) in [5, 5.41) is 12.9. The summed E-state index contributed by atoms with van der Waals surface area (Å²) in [5.41, 5.74) is 1.22. The van der Waals surface area contributed by atoms with Crippen molar-refractivity contribution in [3.05, 3.63) is 51.8 Å². The van der Waals surface area contributed by atoms with Crippen LogP contribution < -0.4 is 5.32 Å². The molecule has 0 aliphatic heterocycles. The largest absolute Gasteiger partial charge is 0.451 e. The Kier molecular flexibility index (Phi) is 3.84. The second kappa shape index (κ2) is 5.58. The Bertz CT molecular complexity index is 733. The third-order valence-corrected chi connectivity index (χ3v) is 2.82. The number of nitro benzene ring substituents is 1. The average Bonchev–Trinajstić information content (AvgIpc) is 2.87. The molecule has 7 nitrogen and oxygen atoms in total. The highest BCUT2D eigenvalue weighted by molar-refractivity contribution is 6.02. The number of benzene rings is 1. The molecular formula is C14H12N2O5. The second-order valence-corrected chi connectivity index (χ2v) is 4.43. The Balaban J connectivity index is 2.37. The number of carbonyl (C=O) groups excluding carboxylic acids is 2. The minimum absolute atomic E-state index is 0.0360. The number of nitro groups is 1. The Morgan fingerprint density at radius 1 is 1.24 bits per heavy atom. The lowest BCUT2D eigenvalue weighted by molar-refractivity contribution is -0.384. The zero-order chi connectivity index (χ0) is 15.6. The number of non-ortho nitro benzene ring substituents is 1. The molecule has 0 aliphatic rings. The first-order chi connectivity index (χ1) is 9.88. The number of hydrogen-bond donors (Lipinski definition) is 1. The molecule has 0 bridgehead atoms. The summed E-state index contributed by atoms with van der Waals surface area (Å²) < 4.78 is 5.36. The van der Waals surface area contributed by atoms with Gasteiger partial charge in [0, 0.05) is 24.6 Å². The van der Waals surface area contributed by atoms with E-state index >= 15 is 0 Å². The predicted molar refractivity (Wildman–Crippen MR) is 73.7 cm³/mol. The number of imide groups is 1. The van der Waals surface area contributed by atoms with Crippen molar-refractivity contribution < 1.29 is 18.9 Å². The lowest BCUT2D eigenvalue weighted by atomic mass is 10.1. The van der Waals surface area contributed by atoms with Crippen molar-refractivity contribution in [3.8, 4) is 11.3 Å². The van der Waals surface area contributed by atoms with Crippen LogP contribution in [-0.4, -0.2) is 16.7 Å². The minimum atomic E-state index is -0.656. The van der Waals surface area contributed by atoms with Crippen molar-refractivity contribution in [2.45, 2.75) is 13.8 Å². The van der Waals surface area contributed by atoms with Crippen LogP contribution in [0, 0.1) is 17.0 Å². The molecule has 1 N–H and O–H groups in total. The van der Waals surface area contributed by atoms with E-state index in [1.807, 2.05) is 0 Å². The van der Waals surface area contributed by atoms with Crippen molar-refractivity contribution >= 4 is 17.5 Å². The molecule has 0 saturated heterocycles. The highest BCUT2D eigenvalue weighted by Crippen LogP contribution is 2.29. The summed E-state index contributed by atoms with van der Waals surface area (Å²) in [6.45, 7) is 2.99.